The van der Waals surface area contributed by atoms with Crippen molar-refractivity contribution in [2.75, 3.05) is 0 Å². The minimum atomic E-state index is -0.539. The van der Waals surface area contributed by atoms with Crippen LogP contribution in [-0.2, 0) is 4.79 Å². The second-order valence-corrected chi connectivity index (χ2v) is 4.87. The quantitative estimate of drug-likeness (QED) is 0.447. The summed E-state index contributed by atoms with van der Waals surface area (Å²) in [5.74, 6) is -0.517. The van der Waals surface area contributed by atoms with Crippen molar-refractivity contribution < 1.29 is 19.4 Å². The van der Waals surface area contributed by atoms with Gasteiger partial charge in [0.2, 0.25) is 0 Å². The Balaban J connectivity index is 2.19. The molecule has 0 saturated carbocycles. The Morgan fingerprint density at radius 1 is 1.39 bits per heavy atom. The Morgan fingerprint density at radius 3 is 2.74 bits per heavy atom. The van der Waals surface area contributed by atoms with Gasteiger partial charge in [-0.25, -0.2) is 0 Å². The normalized spacial score (nSPS) is 12.4. The monoisotopic (exact) mass is 312 g/mol. The van der Waals surface area contributed by atoms with Crippen LogP contribution in [0.2, 0.25) is 0 Å². The molecule has 118 valence electrons. The van der Waals surface area contributed by atoms with E-state index in [1.165, 1.54) is 30.5 Å². The van der Waals surface area contributed by atoms with Gasteiger partial charge < -0.3 is 19.9 Å². The maximum absolute atomic E-state index is 12.2. The first kappa shape index (κ1) is 16.2. The lowest BCUT2D eigenvalue weighted by atomic mass is 10.1. The van der Waals surface area contributed by atoms with Gasteiger partial charge in [0.25, 0.3) is 5.91 Å². The van der Waals surface area contributed by atoms with Gasteiger partial charge in [-0.1, -0.05) is 13.0 Å². The number of carbonyl (C=O) groups excluding carboxylic acids is 1. The summed E-state index contributed by atoms with van der Waals surface area (Å²) in [5.41, 5.74) is 0.318. The average Bonchev–Trinajstić information content (AvgIpc) is 3.07. The molecule has 6 nitrogen and oxygen atoms in total. The van der Waals surface area contributed by atoms with Crippen LogP contribution in [-0.4, -0.2) is 16.1 Å². The number of nitrogens with zero attached hydrogens (tertiary/aromatic N) is 1. The Bertz CT molecular complexity index is 757. The van der Waals surface area contributed by atoms with Gasteiger partial charge in [-0.2, -0.15) is 5.26 Å². The molecule has 1 unspecified atom stereocenters. The number of amides is 1. The van der Waals surface area contributed by atoms with E-state index in [4.69, 9.17) is 4.42 Å². The number of hydrogen-bond donors (Lipinski definition) is 3. The largest absolute Gasteiger partial charge is 0.504 e. The van der Waals surface area contributed by atoms with Crippen LogP contribution in [0.5, 0.6) is 11.5 Å². The van der Waals surface area contributed by atoms with E-state index < -0.39 is 5.91 Å². The summed E-state index contributed by atoms with van der Waals surface area (Å²) in [6.07, 6.45) is 3.46. The van der Waals surface area contributed by atoms with Crippen molar-refractivity contribution in [3.8, 4) is 17.6 Å². The summed E-state index contributed by atoms with van der Waals surface area (Å²) in [5, 5.41) is 30.6. The number of furan rings is 1. The van der Waals surface area contributed by atoms with Crippen LogP contribution in [0.3, 0.4) is 0 Å². The summed E-state index contributed by atoms with van der Waals surface area (Å²) in [7, 11) is 0. The maximum Gasteiger partial charge on any atom is 0.262 e. The van der Waals surface area contributed by atoms with E-state index in [2.05, 4.69) is 5.32 Å². The van der Waals surface area contributed by atoms with Crippen molar-refractivity contribution in [3.63, 3.8) is 0 Å². The number of phenols is 2. The first-order valence-electron chi connectivity index (χ1n) is 7.03. The van der Waals surface area contributed by atoms with Gasteiger partial charge in [-0.3, -0.25) is 4.79 Å². The van der Waals surface area contributed by atoms with E-state index in [0.717, 1.165) is 0 Å². The van der Waals surface area contributed by atoms with Crippen LogP contribution in [0.25, 0.3) is 6.08 Å². The van der Waals surface area contributed by atoms with Crippen molar-refractivity contribution >= 4 is 12.0 Å². The number of hydrogen-bond acceptors (Lipinski definition) is 5. The second kappa shape index (κ2) is 7.18. The molecule has 0 spiro atoms. The Hall–Kier alpha value is -3.20. The molecule has 2 rings (SSSR count). The van der Waals surface area contributed by atoms with Crippen molar-refractivity contribution in [1.29, 1.82) is 5.26 Å². The highest BCUT2D eigenvalue weighted by atomic mass is 16.3. The zero-order valence-corrected chi connectivity index (χ0v) is 12.5. The smallest absolute Gasteiger partial charge is 0.262 e. The fourth-order valence-corrected chi connectivity index (χ4v) is 2.05. The summed E-state index contributed by atoms with van der Waals surface area (Å²) < 4.78 is 5.27. The third-order valence-corrected chi connectivity index (χ3v) is 3.28. The van der Waals surface area contributed by atoms with E-state index in [0.29, 0.717) is 17.7 Å². The number of benzene rings is 1. The predicted octanol–water partition coefficient (Wildman–Crippen LogP) is 2.87. The lowest BCUT2D eigenvalue weighted by Crippen LogP contribution is -2.28. The highest BCUT2D eigenvalue weighted by Gasteiger charge is 2.18. The molecule has 2 aromatic rings. The molecule has 0 aliphatic heterocycles. The average molecular weight is 312 g/mol. The summed E-state index contributed by atoms with van der Waals surface area (Å²) in [6.45, 7) is 1.89. The summed E-state index contributed by atoms with van der Waals surface area (Å²) in [4.78, 5) is 12.2. The molecule has 1 heterocycles. The molecule has 3 N–H and O–H groups in total. The molecular formula is C17H16N2O4. The van der Waals surface area contributed by atoms with Crippen LogP contribution < -0.4 is 5.32 Å². The molecule has 0 bridgehead atoms. The van der Waals surface area contributed by atoms with Crippen molar-refractivity contribution in [1.82, 2.24) is 5.32 Å². The minimum absolute atomic E-state index is 0.111. The van der Waals surface area contributed by atoms with E-state index in [1.54, 1.807) is 12.1 Å². The van der Waals surface area contributed by atoms with E-state index in [1.807, 2.05) is 13.0 Å². The fourth-order valence-electron chi connectivity index (χ4n) is 2.05. The summed E-state index contributed by atoms with van der Waals surface area (Å²) >= 11 is 0. The predicted molar refractivity (Wildman–Crippen MR) is 83.2 cm³/mol. The van der Waals surface area contributed by atoms with Crippen LogP contribution in [0.15, 0.2) is 46.6 Å². The number of phenolic OH excluding ortho intramolecular Hbond substituents is 2. The van der Waals surface area contributed by atoms with Crippen LogP contribution in [0, 0.1) is 11.3 Å². The SMILES string of the molecule is CCC(NC(=O)/C(C#N)=C/c1ccc(O)c(O)c1)c1ccco1. The van der Waals surface area contributed by atoms with Gasteiger partial charge in [0.05, 0.1) is 12.3 Å². The van der Waals surface area contributed by atoms with Gasteiger partial charge in [0, 0.05) is 0 Å². The first-order chi connectivity index (χ1) is 11.0. The Morgan fingerprint density at radius 2 is 2.17 bits per heavy atom. The topological polar surface area (TPSA) is 106 Å². The van der Waals surface area contributed by atoms with Crippen LogP contribution in [0.4, 0.5) is 0 Å². The molecule has 0 aliphatic rings. The number of carbonyl (C=O) groups is 1. The van der Waals surface area contributed by atoms with E-state index in [9.17, 15) is 20.3 Å². The Labute approximate surface area is 133 Å². The lowest BCUT2D eigenvalue weighted by Gasteiger charge is -2.14. The maximum atomic E-state index is 12.2. The van der Waals surface area contributed by atoms with E-state index >= 15 is 0 Å². The zero-order valence-electron chi connectivity index (χ0n) is 12.5. The van der Waals surface area contributed by atoms with E-state index in [-0.39, 0.29) is 23.1 Å². The fraction of sp³-hybridized carbons (Fsp3) is 0.176. The Kier molecular flexibility index (Phi) is 5.05. The molecule has 0 saturated heterocycles. The van der Waals surface area contributed by atoms with Gasteiger partial charge >= 0.3 is 0 Å². The third-order valence-electron chi connectivity index (χ3n) is 3.28. The summed E-state index contributed by atoms with van der Waals surface area (Å²) in [6, 6.07) is 9.02. The molecule has 23 heavy (non-hydrogen) atoms. The molecule has 6 heteroatoms. The highest BCUT2D eigenvalue weighted by Crippen LogP contribution is 2.26. The van der Waals surface area contributed by atoms with Gasteiger partial charge in [-0.05, 0) is 42.3 Å². The van der Waals surface area contributed by atoms with Crippen molar-refractivity contribution in [2.45, 2.75) is 19.4 Å². The highest BCUT2D eigenvalue weighted by molar-refractivity contribution is 6.01. The lowest BCUT2D eigenvalue weighted by molar-refractivity contribution is -0.117. The number of nitriles is 1. The zero-order chi connectivity index (χ0) is 16.8. The molecule has 0 aliphatic carbocycles. The van der Waals surface area contributed by atoms with Crippen LogP contribution >= 0.6 is 0 Å². The molecular weight excluding hydrogens is 296 g/mol. The third kappa shape index (κ3) is 3.92. The number of rotatable bonds is 5. The standard InChI is InChI=1S/C17H16N2O4/c1-2-13(16-4-3-7-23-16)19-17(22)12(10-18)8-11-5-6-14(20)15(21)9-11/h3-9,13,20-21H,2H2,1H3,(H,19,22)/b12-8+. The molecule has 1 atom stereocenters. The molecule has 0 radical (unpaired) electrons. The van der Waals surface area contributed by atoms with Crippen molar-refractivity contribution in [2.24, 2.45) is 0 Å². The number of nitrogens with one attached hydrogen (secondary N) is 1. The second-order valence-electron chi connectivity index (χ2n) is 4.87. The van der Waals surface area contributed by atoms with Crippen molar-refractivity contribution in [3.05, 3.63) is 53.5 Å². The molecule has 0 fully saturated rings. The minimum Gasteiger partial charge on any atom is -0.504 e. The van der Waals surface area contributed by atoms with Crippen LogP contribution in [0.1, 0.15) is 30.7 Å². The molecule has 1 aromatic heterocycles. The number of aromatic hydroxyl groups is 2. The van der Waals surface area contributed by atoms with Gasteiger partial charge in [0.15, 0.2) is 11.5 Å². The van der Waals surface area contributed by atoms with Gasteiger partial charge in [-0.15, -0.1) is 0 Å². The molecule has 1 amide bonds. The first-order valence-corrected chi connectivity index (χ1v) is 7.03. The molecule has 1 aromatic carbocycles. The van der Waals surface area contributed by atoms with Gasteiger partial charge in [0.1, 0.15) is 17.4 Å².